The topological polar surface area (TPSA) is 33.5 Å². The van der Waals surface area contributed by atoms with Crippen LogP contribution < -0.4 is 0 Å². The minimum Gasteiger partial charge on any atom is -0.452 e. The fourth-order valence-electron chi connectivity index (χ4n) is 1.58. The number of hydrogen-bond donors (Lipinski definition) is 0. The number of furan rings is 1. The van der Waals surface area contributed by atoms with Gasteiger partial charge in [-0.25, -0.2) is 0 Å². The second-order valence-electron chi connectivity index (χ2n) is 3.88. The summed E-state index contributed by atoms with van der Waals surface area (Å²) in [5.74, 6) is 0.705. The zero-order chi connectivity index (χ0) is 13.1. The van der Waals surface area contributed by atoms with Crippen molar-refractivity contribution in [1.82, 2.24) is 4.90 Å². The quantitative estimate of drug-likeness (QED) is 0.813. The summed E-state index contributed by atoms with van der Waals surface area (Å²) in [5.41, 5.74) is 0.650. The fourth-order valence-corrected chi connectivity index (χ4v) is 2.32. The van der Waals surface area contributed by atoms with Crippen LogP contribution >= 0.6 is 31.9 Å². The first-order chi connectivity index (χ1) is 8.56. The predicted molar refractivity (Wildman–Crippen MR) is 76.3 cm³/mol. The molecule has 1 aromatic heterocycles. The lowest BCUT2D eigenvalue weighted by atomic mass is 10.2. The standard InChI is InChI=1S/C13H11Br2NO2/c1-16(8-11-5-6-12(15)18-11)13(17)9-3-2-4-10(14)7-9/h2-7H,8H2,1H3. The van der Waals surface area contributed by atoms with E-state index in [2.05, 4.69) is 31.9 Å². The Morgan fingerprint density at radius 3 is 2.67 bits per heavy atom. The summed E-state index contributed by atoms with van der Waals surface area (Å²) in [7, 11) is 1.75. The third-order valence-electron chi connectivity index (χ3n) is 2.44. The number of hydrogen-bond acceptors (Lipinski definition) is 2. The number of rotatable bonds is 3. The zero-order valence-electron chi connectivity index (χ0n) is 9.69. The normalized spacial score (nSPS) is 10.4. The summed E-state index contributed by atoms with van der Waals surface area (Å²) in [5, 5.41) is 0. The Hall–Kier alpha value is -1.07. The van der Waals surface area contributed by atoms with Crippen molar-refractivity contribution < 1.29 is 9.21 Å². The van der Waals surface area contributed by atoms with Crippen molar-refractivity contribution in [2.24, 2.45) is 0 Å². The first-order valence-corrected chi connectivity index (χ1v) is 6.90. The van der Waals surface area contributed by atoms with Crippen LogP contribution in [0.15, 0.2) is 50.0 Å². The van der Waals surface area contributed by atoms with Crippen molar-refractivity contribution in [3.8, 4) is 0 Å². The van der Waals surface area contributed by atoms with Crippen LogP contribution in [0.3, 0.4) is 0 Å². The lowest BCUT2D eigenvalue weighted by Crippen LogP contribution is -2.25. The molecule has 0 aliphatic carbocycles. The molecule has 0 bridgehead atoms. The minimum atomic E-state index is -0.0381. The molecule has 0 radical (unpaired) electrons. The predicted octanol–water partition coefficient (Wildman–Crippen LogP) is 4.08. The van der Waals surface area contributed by atoms with Crippen LogP contribution in [0.1, 0.15) is 16.1 Å². The van der Waals surface area contributed by atoms with Crippen LogP contribution in [-0.2, 0) is 6.54 Å². The number of carbonyl (C=O) groups is 1. The lowest BCUT2D eigenvalue weighted by Gasteiger charge is -2.15. The third-order valence-corrected chi connectivity index (χ3v) is 3.36. The van der Waals surface area contributed by atoms with Crippen LogP contribution in [0.4, 0.5) is 0 Å². The SMILES string of the molecule is CN(Cc1ccc(Br)o1)C(=O)c1cccc(Br)c1. The second kappa shape index (κ2) is 5.71. The maximum atomic E-state index is 12.2. The van der Waals surface area contributed by atoms with E-state index in [4.69, 9.17) is 4.42 Å². The molecule has 0 aliphatic heterocycles. The molecule has 18 heavy (non-hydrogen) atoms. The molecule has 5 heteroatoms. The monoisotopic (exact) mass is 371 g/mol. The molecule has 3 nitrogen and oxygen atoms in total. The van der Waals surface area contributed by atoms with E-state index >= 15 is 0 Å². The first-order valence-electron chi connectivity index (χ1n) is 5.31. The molecule has 1 heterocycles. The van der Waals surface area contributed by atoms with E-state index in [-0.39, 0.29) is 5.91 Å². The van der Waals surface area contributed by atoms with Gasteiger partial charge in [-0.3, -0.25) is 4.79 Å². The Bertz CT molecular complexity index is 566. The molecular formula is C13H11Br2NO2. The van der Waals surface area contributed by atoms with Gasteiger partial charge in [-0.1, -0.05) is 22.0 Å². The number of halogens is 2. The van der Waals surface area contributed by atoms with Gasteiger partial charge < -0.3 is 9.32 Å². The van der Waals surface area contributed by atoms with Crippen LogP contribution in [0.25, 0.3) is 0 Å². The molecule has 0 atom stereocenters. The Kier molecular flexibility index (Phi) is 4.24. The maximum Gasteiger partial charge on any atom is 0.254 e. The number of benzene rings is 1. The summed E-state index contributed by atoms with van der Waals surface area (Å²) in [6.07, 6.45) is 0. The van der Waals surface area contributed by atoms with Crippen molar-refractivity contribution in [2.75, 3.05) is 7.05 Å². The Labute approximate surface area is 122 Å². The summed E-state index contributed by atoms with van der Waals surface area (Å²) in [4.78, 5) is 13.8. The van der Waals surface area contributed by atoms with Crippen LogP contribution in [-0.4, -0.2) is 17.9 Å². The molecule has 0 saturated carbocycles. The summed E-state index contributed by atoms with van der Waals surface area (Å²) < 4.78 is 6.94. The lowest BCUT2D eigenvalue weighted by molar-refractivity contribution is 0.0775. The first kappa shape index (κ1) is 13.4. The largest absolute Gasteiger partial charge is 0.452 e. The Balaban J connectivity index is 2.09. The van der Waals surface area contributed by atoms with Crippen molar-refractivity contribution in [3.63, 3.8) is 0 Å². The van der Waals surface area contributed by atoms with Gasteiger partial charge in [0.05, 0.1) is 6.54 Å². The molecule has 0 aliphatic rings. The van der Waals surface area contributed by atoms with Crippen molar-refractivity contribution in [2.45, 2.75) is 6.54 Å². The highest BCUT2D eigenvalue weighted by Gasteiger charge is 2.13. The minimum absolute atomic E-state index is 0.0381. The summed E-state index contributed by atoms with van der Waals surface area (Å²) in [6.45, 7) is 0.441. The van der Waals surface area contributed by atoms with Gasteiger partial charge >= 0.3 is 0 Å². The highest BCUT2D eigenvalue weighted by Crippen LogP contribution is 2.17. The van der Waals surface area contributed by atoms with Crippen molar-refractivity contribution in [3.05, 3.63) is 56.9 Å². The van der Waals surface area contributed by atoms with Gasteiger partial charge in [-0.05, 0) is 46.3 Å². The Morgan fingerprint density at radius 2 is 2.06 bits per heavy atom. The van der Waals surface area contributed by atoms with E-state index < -0.39 is 0 Å². The summed E-state index contributed by atoms with van der Waals surface area (Å²) >= 11 is 6.59. The van der Waals surface area contributed by atoms with Gasteiger partial charge in [0.1, 0.15) is 5.76 Å². The maximum absolute atomic E-state index is 12.2. The zero-order valence-corrected chi connectivity index (χ0v) is 12.9. The number of nitrogens with zero attached hydrogens (tertiary/aromatic N) is 1. The Morgan fingerprint density at radius 1 is 1.28 bits per heavy atom. The van der Waals surface area contributed by atoms with Crippen LogP contribution in [0, 0.1) is 0 Å². The molecule has 1 aromatic carbocycles. The highest BCUT2D eigenvalue weighted by molar-refractivity contribution is 9.10. The fraction of sp³-hybridized carbons (Fsp3) is 0.154. The highest BCUT2D eigenvalue weighted by atomic mass is 79.9. The molecule has 1 amide bonds. The van der Waals surface area contributed by atoms with Gasteiger partial charge in [0.2, 0.25) is 0 Å². The summed E-state index contributed by atoms with van der Waals surface area (Å²) in [6, 6.07) is 11.0. The molecule has 2 rings (SSSR count). The molecule has 0 fully saturated rings. The van der Waals surface area contributed by atoms with Gasteiger partial charge in [0.25, 0.3) is 5.91 Å². The number of carbonyl (C=O) groups excluding carboxylic acids is 1. The van der Waals surface area contributed by atoms with Crippen molar-refractivity contribution in [1.29, 1.82) is 0 Å². The van der Waals surface area contributed by atoms with E-state index in [1.807, 2.05) is 24.3 Å². The smallest absolute Gasteiger partial charge is 0.254 e. The molecule has 94 valence electrons. The molecule has 0 spiro atoms. The molecule has 2 aromatic rings. The van der Waals surface area contributed by atoms with Gasteiger partial charge in [0, 0.05) is 17.1 Å². The van der Waals surface area contributed by atoms with Crippen LogP contribution in [0.2, 0.25) is 0 Å². The number of amides is 1. The van der Waals surface area contributed by atoms with E-state index in [0.717, 1.165) is 10.2 Å². The van der Waals surface area contributed by atoms with Crippen molar-refractivity contribution >= 4 is 37.8 Å². The molecule has 0 N–H and O–H groups in total. The average molecular weight is 373 g/mol. The van der Waals surface area contributed by atoms with E-state index in [9.17, 15) is 4.79 Å². The van der Waals surface area contributed by atoms with Gasteiger partial charge in [-0.2, -0.15) is 0 Å². The van der Waals surface area contributed by atoms with E-state index in [0.29, 0.717) is 16.8 Å². The average Bonchev–Trinajstić information content (AvgIpc) is 2.73. The third kappa shape index (κ3) is 3.23. The van der Waals surface area contributed by atoms with E-state index in [1.165, 1.54) is 0 Å². The molecule has 0 unspecified atom stereocenters. The molecule has 0 saturated heterocycles. The molecular weight excluding hydrogens is 362 g/mol. The van der Waals surface area contributed by atoms with Gasteiger partial charge in [0.15, 0.2) is 4.67 Å². The van der Waals surface area contributed by atoms with Crippen LogP contribution in [0.5, 0.6) is 0 Å². The van der Waals surface area contributed by atoms with E-state index in [1.54, 1.807) is 24.1 Å². The second-order valence-corrected chi connectivity index (χ2v) is 5.57. The van der Waals surface area contributed by atoms with Gasteiger partial charge in [-0.15, -0.1) is 0 Å².